The minimum atomic E-state index is -3.47. The van der Waals surface area contributed by atoms with Crippen LogP contribution in [0.4, 0.5) is 0 Å². The first-order valence-corrected chi connectivity index (χ1v) is 8.68. The molecule has 1 aliphatic rings. The number of aliphatic hydroxyl groups is 1. The van der Waals surface area contributed by atoms with E-state index in [0.717, 1.165) is 31.2 Å². The molecule has 0 heterocycles. The van der Waals surface area contributed by atoms with Crippen LogP contribution in [0.1, 0.15) is 37.7 Å². The van der Waals surface area contributed by atoms with E-state index in [9.17, 15) is 13.5 Å². The number of hydrogen-bond acceptors (Lipinski definition) is 3. The molecule has 1 aliphatic carbocycles. The number of aryl methyl sites for hydroxylation is 1. The number of rotatable bonds is 4. The second-order valence-corrected chi connectivity index (χ2v) is 7.27. The Morgan fingerprint density at radius 3 is 2.48 bits per heavy atom. The highest BCUT2D eigenvalue weighted by Gasteiger charge is 2.28. The zero-order valence-corrected chi connectivity index (χ0v) is 13.0. The van der Waals surface area contributed by atoms with Crippen LogP contribution in [0.5, 0.6) is 0 Å². The minimum Gasteiger partial charge on any atom is -0.378 e. The van der Waals surface area contributed by atoms with Gasteiger partial charge in [-0.25, -0.2) is 13.1 Å². The van der Waals surface area contributed by atoms with Gasteiger partial charge in [0.05, 0.1) is 4.90 Å². The van der Waals surface area contributed by atoms with Gasteiger partial charge in [-0.15, -0.1) is 0 Å². The molecule has 0 spiro atoms. The van der Waals surface area contributed by atoms with Gasteiger partial charge in [-0.3, -0.25) is 0 Å². The number of benzene rings is 1. The second kappa shape index (κ2) is 6.61. The van der Waals surface area contributed by atoms with Crippen LogP contribution in [0.2, 0.25) is 0 Å². The fourth-order valence-electron chi connectivity index (χ4n) is 2.36. The third-order valence-electron chi connectivity index (χ3n) is 3.63. The maximum absolute atomic E-state index is 12.0. The van der Waals surface area contributed by atoms with Gasteiger partial charge in [0.2, 0.25) is 10.0 Å². The summed E-state index contributed by atoms with van der Waals surface area (Å²) >= 11 is 0. The Kier molecular flexibility index (Phi) is 5.04. The maximum Gasteiger partial charge on any atom is 0.240 e. The molecule has 1 aromatic rings. The zero-order valence-electron chi connectivity index (χ0n) is 12.2. The van der Waals surface area contributed by atoms with Gasteiger partial charge in [-0.05, 0) is 44.7 Å². The summed E-state index contributed by atoms with van der Waals surface area (Å²) in [4.78, 5) is 0.260. The first-order chi connectivity index (χ1) is 9.91. The SMILES string of the molecule is Cc1ccc(S(=O)(=O)NCCC#CC2(O)CCCC2)cc1. The van der Waals surface area contributed by atoms with Crippen molar-refractivity contribution in [1.29, 1.82) is 0 Å². The normalized spacial score (nSPS) is 17.2. The van der Waals surface area contributed by atoms with Crippen molar-refractivity contribution in [3.05, 3.63) is 29.8 Å². The van der Waals surface area contributed by atoms with Crippen LogP contribution in [0, 0.1) is 18.8 Å². The van der Waals surface area contributed by atoms with Crippen LogP contribution in [-0.4, -0.2) is 25.7 Å². The van der Waals surface area contributed by atoms with E-state index in [-0.39, 0.29) is 11.4 Å². The predicted molar refractivity (Wildman–Crippen MR) is 82.2 cm³/mol. The van der Waals surface area contributed by atoms with Crippen molar-refractivity contribution in [2.45, 2.75) is 49.5 Å². The maximum atomic E-state index is 12.0. The summed E-state index contributed by atoms with van der Waals surface area (Å²) in [6, 6.07) is 6.71. The third kappa shape index (κ3) is 4.57. The molecule has 5 heteroatoms. The fourth-order valence-corrected chi connectivity index (χ4v) is 3.39. The summed E-state index contributed by atoms with van der Waals surface area (Å²) in [7, 11) is -3.47. The van der Waals surface area contributed by atoms with Crippen molar-refractivity contribution in [2.24, 2.45) is 0 Å². The molecule has 0 amide bonds. The van der Waals surface area contributed by atoms with Crippen LogP contribution < -0.4 is 4.72 Å². The quantitative estimate of drug-likeness (QED) is 0.660. The van der Waals surface area contributed by atoms with Crippen LogP contribution in [0.3, 0.4) is 0 Å². The van der Waals surface area contributed by atoms with Crippen molar-refractivity contribution >= 4 is 10.0 Å². The fraction of sp³-hybridized carbons (Fsp3) is 0.500. The van der Waals surface area contributed by atoms with E-state index >= 15 is 0 Å². The zero-order chi connectivity index (χ0) is 15.3. The topological polar surface area (TPSA) is 66.4 Å². The lowest BCUT2D eigenvalue weighted by Crippen LogP contribution is -2.25. The minimum absolute atomic E-state index is 0.249. The van der Waals surface area contributed by atoms with Gasteiger partial charge >= 0.3 is 0 Å². The summed E-state index contributed by atoms with van der Waals surface area (Å²) < 4.78 is 26.6. The average molecular weight is 307 g/mol. The monoisotopic (exact) mass is 307 g/mol. The van der Waals surface area contributed by atoms with E-state index in [1.165, 1.54) is 0 Å². The van der Waals surface area contributed by atoms with Crippen molar-refractivity contribution in [2.75, 3.05) is 6.54 Å². The molecule has 4 nitrogen and oxygen atoms in total. The van der Waals surface area contributed by atoms with Crippen LogP contribution >= 0.6 is 0 Å². The van der Waals surface area contributed by atoms with E-state index in [2.05, 4.69) is 16.6 Å². The van der Waals surface area contributed by atoms with Crippen LogP contribution in [0.25, 0.3) is 0 Å². The van der Waals surface area contributed by atoms with E-state index in [4.69, 9.17) is 0 Å². The Morgan fingerprint density at radius 1 is 1.24 bits per heavy atom. The van der Waals surface area contributed by atoms with Crippen molar-refractivity contribution in [3.8, 4) is 11.8 Å². The first-order valence-electron chi connectivity index (χ1n) is 7.20. The highest BCUT2D eigenvalue weighted by atomic mass is 32.2. The van der Waals surface area contributed by atoms with Crippen molar-refractivity contribution in [3.63, 3.8) is 0 Å². The molecule has 2 N–H and O–H groups in total. The Hall–Kier alpha value is -1.35. The second-order valence-electron chi connectivity index (χ2n) is 5.50. The average Bonchev–Trinajstić information content (AvgIpc) is 2.86. The Bertz CT molecular complexity index is 632. The summed E-state index contributed by atoms with van der Waals surface area (Å²) in [5.74, 6) is 5.74. The molecule has 1 fully saturated rings. The molecular weight excluding hydrogens is 286 g/mol. The standard InChI is InChI=1S/C16H21NO3S/c1-14-6-8-15(9-7-14)21(19,20)17-13-5-4-12-16(18)10-2-3-11-16/h6-9,17-18H,2-3,5,10-11,13H2,1H3. The lowest BCUT2D eigenvalue weighted by Gasteiger charge is -2.12. The summed E-state index contributed by atoms with van der Waals surface area (Å²) in [5.41, 5.74) is 0.167. The number of nitrogens with one attached hydrogen (secondary N) is 1. The number of hydrogen-bond donors (Lipinski definition) is 2. The highest BCUT2D eigenvalue weighted by molar-refractivity contribution is 7.89. The molecule has 0 aliphatic heterocycles. The molecule has 0 atom stereocenters. The van der Waals surface area contributed by atoms with Crippen molar-refractivity contribution in [1.82, 2.24) is 4.72 Å². The summed E-state index contributed by atoms with van der Waals surface area (Å²) in [6.07, 6.45) is 3.84. The summed E-state index contributed by atoms with van der Waals surface area (Å²) in [5, 5.41) is 10.0. The highest BCUT2D eigenvalue weighted by Crippen LogP contribution is 2.28. The van der Waals surface area contributed by atoms with Gasteiger partial charge in [-0.1, -0.05) is 29.5 Å². The lowest BCUT2D eigenvalue weighted by atomic mass is 10.0. The first kappa shape index (κ1) is 16.0. The molecule has 0 aromatic heterocycles. The van der Waals surface area contributed by atoms with E-state index in [1.807, 2.05) is 6.92 Å². The van der Waals surface area contributed by atoms with Gasteiger partial charge in [0.15, 0.2) is 0 Å². The molecule has 21 heavy (non-hydrogen) atoms. The number of sulfonamides is 1. The Labute approximate surface area is 126 Å². The molecule has 0 radical (unpaired) electrons. The molecule has 0 saturated heterocycles. The molecule has 114 valence electrons. The van der Waals surface area contributed by atoms with E-state index in [1.54, 1.807) is 24.3 Å². The molecular formula is C16H21NO3S. The largest absolute Gasteiger partial charge is 0.378 e. The molecule has 1 aromatic carbocycles. The molecule has 0 unspecified atom stereocenters. The third-order valence-corrected chi connectivity index (χ3v) is 5.10. The van der Waals surface area contributed by atoms with E-state index < -0.39 is 15.6 Å². The lowest BCUT2D eigenvalue weighted by molar-refractivity contribution is 0.110. The predicted octanol–water partition coefficient (Wildman–Crippen LogP) is 1.97. The Morgan fingerprint density at radius 2 is 1.86 bits per heavy atom. The smallest absolute Gasteiger partial charge is 0.240 e. The van der Waals surface area contributed by atoms with Gasteiger partial charge in [-0.2, -0.15) is 0 Å². The van der Waals surface area contributed by atoms with Gasteiger partial charge in [0, 0.05) is 13.0 Å². The molecule has 1 saturated carbocycles. The van der Waals surface area contributed by atoms with Crippen LogP contribution in [0.15, 0.2) is 29.2 Å². The van der Waals surface area contributed by atoms with Gasteiger partial charge < -0.3 is 5.11 Å². The van der Waals surface area contributed by atoms with Gasteiger partial charge in [0.25, 0.3) is 0 Å². The Balaban J connectivity index is 1.85. The molecule has 0 bridgehead atoms. The summed E-state index contributed by atoms with van der Waals surface area (Å²) in [6.45, 7) is 2.16. The van der Waals surface area contributed by atoms with Crippen LogP contribution in [-0.2, 0) is 10.0 Å². The van der Waals surface area contributed by atoms with Gasteiger partial charge in [0.1, 0.15) is 5.60 Å². The molecule has 2 rings (SSSR count). The van der Waals surface area contributed by atoms with Crippen molar-refractivity contribution < 1.29 is 13.5 Å². The van der Waals surface area contributed by atoms with E-state index in [0.29, 0.717) is 6.42 Å².